The molecule has 0 amide bonds. The summed E-state index contributed by atoms with van der Waals surface area (Å²) >= 11 is 0. The van der Waals surface area contributed by atoms with Crippen LogP contribution in [0, 0.1) is 0 Å². The van der Waals surface area contributed by atoms with Crippen molar-refractivity contribution in [1.82, 2.24) is 0 Å². The lowest BCUT2D eigenvalue weighted by molar-refractivity contribution is -0.143. The molecule has 0 aromatic rings. The van der Waals surface area contributed by atoms with E-state index >= 15 is 0 Å². The number of rotatable bonds is 7. The molecule has 0 aliphatic carbocycles. The Morgan fingerprint density at radius 2 is 1.92 bits per heavy atom. The Bertz CT molecular complexity index is 136. The lowest BCUT2D eigenvalue weighted by atomic mass is 10.5. The van der Waals surface area contributed by atoms with Crippen LogP contribution in [0.15, 0.2) is 0 Å². The Morgan fingerprint density at radius 3 is 2.38 bits per heavy atom. The largest absolute Gasteiger partial charge is 0.466 e. The van der Waals surface area contributed by atoms with Gasteiger partial charge in [-0.1, -0.05) is 6.92 Å². The average Bonchev–Trinajstić information content (AvgIpc) is 2.18. The van der Waals surface area contributed by atoms with Crippen molar-refractivity contribution in [3.63, 3.8) is 0 Å². The van der Waals surface area contributed by atoms with Crippen LogP contribution in [0.1, 0.15) is 19.8 Å². The topological polar surface area (TPSA) is 44.8 Å². The molecule has 0 aliphatic rings. The van der Waals surface area contributed by atoms with Crippen LogP contribution in [-0.4, -0.2) is 36.1 Å². The van der Waals surface area contributed by atoms with Gasteiger partial charge in [-0.05, 0) is 12.5 Å². The Morgan fingerprint density at radius 1 is 1.31 bits per heavy atom. The van der Waals surface area contributed by atoms with E-state index in [9.17, 15) is 4.79 Å². The minimum atomic E-state index is -1.46. The standard InChI is InChI=1S/C8H18O4Si/c1-4-8(9)12-6-5-7-13(10-2)11-3/h13H,4-7H2,1-3H3. The summed E-state index contributed by atoms with van der Waals surface area (Å²) in [4.78, 5) is 10.7. The second kappa shape index (κ2) is 8.22. The molecule has 0 aromatic carbocycles. The van der Waals surface area contributed by atoms with Gasteiger partial charge in [-0.3, -0.25) is 4.79 Å². The molecule has 0 aromatic heterocycles. The zero-order chi connectivity index (χ0) is 10.1. The fourth-order valence-electron chi connectivity index (χ4n) is 0.870. The summed E-state index contributed by atoms with van der Waals surface area (Å²) in [6, 6.07) is 0.879. The van der Waals surface area contributed by atoms with Gasteiger partial charge in [-0.15, -0.1) is 0 Å². The maximum Gasteiger partial charge on any atom is 0.321 e. The van der Waals surface area contributed by atoms with Crippen LogP contribution in [-0.2, 0) is 18.4 Å². The van der Waals surface area contributed by atoms with E-state index in [1.54, 1.807) is 21.1 Å². The minimum Gasteiger partial charge on any atom is -0.466 e. The summed E-state index contributed by atoms with van der Waals surface area (Å²) in [6.07, 6.45) is 1.26. The van der Waals surface area contributed by atoms with E-state index in [-0.39, 0.29) is 5.97 Å². The molecule has 0 atom stereocenters. The third-order valence-corrected chi connectivity index (χ3v) is 3.59. The number of carbonyl (C=O) groups excluding carboxylic acids is 1. The van der Waals surface area contributed by atoms with Crippen molar-refractivity contribution < 1.29 is 18.4 Å². The van der Waals surface area contributed by atoms with Gasteiger partial charge < -0.3 is 13.6 Å². The predicted molar refractivity (Wildman–Crippen MR) is 51.8 cm³/mol. The van der Waals surface area contributed by atoms with Crippen LogP contribution >= 0.6 is 0 Å². The molecule has 0 aliphatic heterocycles. The average molecular weight is 206 g/mol. The van der Waals surface area contributed by atoms with Crippen LogP contribution in [0.25, 0.3) is 0 Å². The SMILES string of the molecule is CCC(=O)OCCC[SiH](OC)OC. The Hall–Kier alpha value is -0.393. The summed E-state index contributed by atoms with van der Waals surface area (Å²) in [7, 11) is 1.85. The number of hydrogen-bond donors (Lipinski definition) is 0. The lowest BCUT2D eigenvalue weighted by Crippen LogP contribution is -2.19. The highest BCUT2D eigenvalue weighted by Crippen LogP contribution is 2.00. The maximum atomic E-state index is 10.7. The van der Waals surface area contributed by atoms with E-state index in [0.717, 1.165) is 12.5 Å². The van der Waals surface area contributed by atoms with E-state index in [1.807, 2.05) is 0 Å². The van der Waals surface area contributed by atoms with Gasteiger partial charge in [-0.25, -0.2) is 0 Å². The molecule has 0 rings (SSSR count). The molecular formula is C8H18O4Si. The monoisotopic (exact) mass is 206 g/mol. The quantitative estimate of drug-likeness (QED) is 0.352. The van der Waals surface area contributed by atoms with Crippen LogP contribution in [0.4, 0.5) is 0 Å². The first kappa shape index (κ1) is 12.6. The van der Waals surface area contributed by atoms with Gasteiger partial charge in [0.1, 0.15) is 0 Å². The number of carbonyl (C=O) groups is 1. The molecule has 5 heteroatoms. The van der Waals surface area contributed by atoms with E-state index in [2.05, 4.69) is 0 Å². The molecule has 0 saturated carbocycles. The maximum absolute atomic E-state index is 10.7. The van der Waals surface area contributed by atoms with Gasteiger partial charge in [0.25, 0.3) is 0 Å². The number of ether oxygens (including phenoxy) is 1. The molecule has 13 heavy (non-hydrogen) atoms. The van der Waals surface area contributed by atoms with Crippen LogP contribution in [0.5, 0.6) is 0 Å². The van der Waals surface area contributed by atoms with Crippen molar-refractivity contribution in [2.75, 3.05) is 20.8 Å². The molecule has 0 spiro atoms. The second-order valence-electron chi connectivity index (χ2n) is 2.62. The van der Waals surface area contributed by atoms with Gasteiger partial charge in [0.2, 0.25) is 0 Å². The summed E-state index contributed by atoms with van der Waals surface area (Å²) in [5.74, 6) is -0.145. The summed E-state index contributed by atoms with van der Waals surface area (Å²) in [5.41, 5.74) is 0. The zero-order valence-corrected chi connectivity index (χ0v) is 9.69. The van der Waals surface area contributed by atoms with Crippen molar-refractivity contribution >= 4 is 15.3 Å². The van der Waals surface area contributed by atoms with Gasteiger partial charge >= 0.3 is 15.3 Å². The Kier molecular flexibility index (Phi) is 7.97. The minimum absolute atomic E-state index is 0.145. The molecule has 0 N–H and O–H groups in total. The smallest absolute Gasteiger partial charge is 0.321 e. The number of esters is 1. The van der Waals surface area contributed by atoms with E-state index in [0.29, 0.717) is 13.0 Å². The summed E-state index contributed by atoms with van der Waals surface area (Å²) in [5, 5.41) is 0. The van der Waals surface area contributed by atoms with E-state index in [4.69, 9.17) is 13.6 Å². The molecule has 0 unspecified atom stereocenters. The van der Waals surface area contributed by atoms with Gasteiger partial charge in [0.15, 0.2) is 0 Å². The highest BCUT2D eigenvalue weighted by molar-refractivity contribution is 6.44. The van der Waals surface area contributed by atoms with Gasteiger partial charge in [-0.2, -0.15) is 0 Å². The number of hydrogen-bond acceptors (Lipinski definition) is 4. The van der Waals surface area contributed by atoms with Crippen LogP contribution < -0.4 is 0 Å². The normalized spacial score (nSPS) is 10.5. The molecule has 0 saturated heterocycles. The third kappa shape index (κ3) is 6.74. The molecular weight excluding hydrogens is 188 g/mol. The lowest BCUT2D eigenvalue weighted by Gasteiger charge is -2.10. The van der Waals surface area contributed by atoms with E-state index < -0.39 is 9.28 Å². The van der Waals surface area contributed by atoms with E-state index in [1.165, 1.54) is 0 Å². The van der Waals surface area contributed by atoms with Crippen molar-refractivity contribution in [3.05, 3.63) is 0 Å². The second-order valence-corrected chi connectivity index (χ2v) is 5.00. The molecule has 0 bridgehead atoms. The van der Waals surface area contributed by atoms with Crippen molar-refractivity contribution in [1.29, 1.82) is 0 Å². The summed E-state index contributed by atoms with van der Waals surface area (Å²) in [6.45, 7) is 2.26. The van der Waals surface area contributed by atoms with Crippen molar-refractivity contribution in [3.8, 4) is 0 Å². The third-order valence-electron chi connectivity index (χ3n) is 1.66. The first-order valence-corrected chi connectivity index (χ1v) is 6.21. The van der Waals surface area contributed by atoms with Gasteiger partial charge in [0, 0.05) is 20.6 Å². The zero-order valence-electron chi connectivity index (χ0n) is 8.54. The molecule has 0 heterocycles. The highest BCUT2D eigenvalue weighted by Gasteiger charge is 2.08. The Labute approximate surface area is 81.0 Å². The fraction of sp³-hybridized carbons (Fsp3) is 0.875. The highest BCUT2D eigenvalue weighted by atomic mass is 28.3. The predicted octanol–water partition coefficient (Wildman–Crippen LogP) is 0.843. The molecule has 0 fully saturated rings. The Balaban J connectivity index is 3.28. The molecule has 4 nitrogen and oxygen atoms in total. The van der Waals surface area contributed by atoms with Crippen LogP contribution in [0.2, 0.25) is 6.04 Å². The molecule has 0 radical (unpaired) electrons. The fourth-order valence-corrected chi connectivity index (χ4v) is 2.03. The van der Waals surface area contributed by atoms with Crippen molar-refractivity contribution in [2.24, 2.45) is 0 Å². The first-order chi connectivity index (χ1) is 6.24. The van der Waals surface area contributed by atoms with Gasteiger partial charge in [0.05, 0.1) is 6.61 Å². The van der Waals surface area contributed by atoms with Crippen LogP contribution in [0.3, 0.4) is 0 Å². The summed E-state index contributed by atoms with van der Waals surface area (Å²) < 4.78 is 15.1. The van der Waals surface area contributed by atoms with Crippen molar-refractivity contribution in [2.45, 2.75) is 25.8 Å². The first-order valence-electron chi connectivity index (χ1n) is 4.45. The molecule has 78 valence electrons.